The first-order chi connectivity index (χ1) is 10.5. The molecule has 0 aliphatic carbocycles. The van der Waals surface area contributed by atoms with Gasteiger partial charge in [0.15, 0.2) is 0 Å². The van der Waals surface area contributed by atoms with Crippen molar-refractivity contribution < 1.29 is 14.7 Å². The predicted molar refractivity (Wildman–Crippen MR) is 87.0 cm³/mol. The molecule has 1 unspecified atom stereocenters. The molecule has 0 spiro atoms. The molecule has 0 saturated carbocycles. The SMILES string of the molecule is CC(Sc1ccc(O)cc1)C(=O)Nc1ccc(C(N)=O)cc1. The molecular weight excluding hydrogens is 300 g/mol. The van der Waals surface area contributed by atoms with Gasteiger partial charge >= 0.3 is 0 Å². The smallest absolute Gasteiger partial charge is 0.248 e. The summed E-state index contributed by atoms with van der Waals surface area (Å²) in [5.74, 6) is -0.463. The third-order valence-electron chi connectivity index (χ3n) is 2.96. The van der Waals surface area contributed by atoms with Gasteiger partial charge in [-0.05, 0) is 55.5 Å². The molecule has 2 amide bonds. The number of nitrogens with one attached hydrogen (secondary N) is 1. The van der Waals surface area contributed by atoms with E-state index in [2.05, 4.69) is 5.32 Å². The van der Waals surface area contributed by atoms with Gasteiger partial charge in [-0.15, -0.1) is 11.8 Å². The second kappa shape index (κ2) is 7.00. The van der Waals surface area contributed by atoms with Gasteiger partial charge in [0.2, 0.25) is 11.8 Å². The molecule has 0 aromatic heterocycles. The number of phenolic OH excluding ortho intramolecular Hbond substituents is 1. The van der Waals surface area contributed by atoms with E-state index >= 15 is 0 Å². The van der Waals surface area contributed by atoms with Crippen LogP contribution in [0.2, 0.25) is 0 Å². The van der Waals surface area contributed by atoms with E-state index < -0.39 is 5.91 Å². The summed E-state index contributed by atoms with van der Waals surface area (Å²) < 4.78 is 0. The van der Waals surface area contributed by atoms with Gasteiger partial charge in [-0.1, -0.05) is 0 Å². The molecule has 2 aromatic rings. The van der Waals surface area contributed by atoms with Crippen molar-refractivity contribution in [2.45, 2.75) is 17.1 Å². The molecule has 0 heterocycles. The molecule has 4 N–H and O–H groups in total. The molecule has 0 aliphatic rings. The van der Waals surface area contributed by atoms with Crippen LogP contribution in [0, 0.1) is 0 Å². The number of amides is 2. The lowest BCUT2D eigenvalue weighted by molar-refractivity contribution is -0.115. The van der Waals surface area contributed by atoms with E-state index in [0.29, 0.717) is 11.3 Å². The fourth-order valence-corrected chi connectivity index (χ4v) is 2.61. The van der Waals surface area contributed by atoms with Gasteiger partial charge in [-0.2, -0.15) is 0 Å². The van der Waals surface area contributed by atoms with Gasteiger partial charge in [0.1, 0.15) is 5.75 Å². The van der Waals surface area contributed by atoms with Crippen LogP contribution in [-0.4, -0.2) is 22.2 Å². The van der Waals surface area contributed by atoms with Crippen molar-refractivity contribution >= 4 is 29.3 Å². The van der Waals surface area contributed by atoms with E-state index in [1.165, 1.54) is 11.8 Å². The van der Waals surface area contributed by atoms with Gasteiger partial charge in [0, 0.05) is 16.1 Å². The average Bonchev–Trinajstić information content (AvgIpc) is 2.50. The Morgan fingerprint density at radius 1 is 1.09 bits per heavy atom. The fraction of sp³-hybridized carbons (Fsp3) is 0.125. The fourth-order valence-electron chi connectivity index (χ4n) is 1.74. The Hall–Kier alpha value is -2.47. The summed E-state index contributed by atoms with van der Waals surface area (Å²) in [6.07, 6.45) is 0. The van der Waals surface area contributed by atoms with Crippen LogP contribution in [0.1, 0.15) is 17.3 Å². The van der Waals surface area contributed by atoms with E-state index in [4.69, 9.17) is 5.73 Å². The molecule has 5 nitrogen and oxygen atoms in total. The number of carbonyl (C=O) groups is 2. The first-order valence-corrected chi connectivity index (χ1v) is 7.50. The van der Waals surface area contributed by atoms with Crippen molar-refractivity contribution in [2.75, 3.05) is 5.32 Å². The molecule has 0 fully saturated rings. The third kappa shape index (κ3) is 4.26. The summed E-state index contributed by atoms with van der Waals surface area (Å²) in [4.78, 5) is 24.0. The summed E-state index contributed by atoms with van der Waals surface area (Å²) >= 11 is 1.39. The minimum Gasteiger partial charge on any atom is -0.508 e. The normalized spacial score (nSPS) is 11.7. The van der Waals surface area contributed by atoms with Crippen LogP contribution in [0.4, 0.5) is 5.69 Å². The van der Waals surface area contributed by atoms with E-state index in [-0.39, 0.29) is 16.9 Å². The lowest BCUT2D eigenvalue weighted by Gasteiger charge is -2.12. The number of primary amides is 1. The molecule has 6 heteroatoms. The zero-order valence-electron chi connectivity index (χ0n) is 11.9. The number of phenols is 1. The van der Waals surface area contributed by atoms with Crippen molar-refractivity contribution in [3.05, 3.63) is 54.1 Å². The van der Waals surface area contributed by atoms with E-state index in [9.17, 15) is 14.7 Å². The van der Waals surface area contributed by atoms with Crippen LogP contribution in [0.25, 0.3) is 0 Å². The first kappa shape index (κ1) is 15.9. The number of aromatic hydroxyl groups is 1. The minimum atomic E-state index is -0.505. The Morgan fingerprint density at radius 3 is 2.23 bits per heavy atom. The second-order valence-corrected chi connectivity index (χ2v) is 6.10. The minimum absolute atomic E-state index is 0.148. The van der Waals surface area contributed by atoms with Crippen LogP contribution < -0.4 is 11.1 Å². The van der Waals surface area contributed by atoms with Crippen molar-refractivity contribution in [3.8, 4) is 5.75 Å². The van der Waals surface area contributed by atoms with Crippen molar-refractivity contribution in [3.63, 3.8) is 0 Å². The lowest BCUT2D eigenvalue weighted by Crippen LogP contribution is -2.22. The number of hydrogen-bond donors (Lipinski definition) is 3. The molecule has 0 saturated heterocycles. The highest BCUT2D eigenvalue weighted by atomic mass is 32.2. The van der Waals surface area contributed by atoms with Crippen molar-refractivity contribution in [1.29, 1.82) is 0 Å². The molecule has 114 valence electrons. The van der Waals surface area contributed by atoms with Gasteiger partial charge < -0.3 is 16.2 Å². The predicted octanol–water partition coefficient (Wildman–Crippen LogP) is 2.61. The van der Waals surface area contributed by atoms with Gasteiger partial charge in [0.05, 0.1) is 5.25 Å². The van der Waals surface area contributed by atoms with E-state index in [1.54, 1.807) is 55.5 Å². The maximum Gasteiger partial charge on any atom is 0.248 e. The van der Waals surface area contributed by atoms with Crippen LogP contribution in [0.15, 0.2) is 53.4 Å². The second-order valence-electron chi connectivity index (χ2n) is 4.68. The standard InChI is InChI=1S/C16H16N2O3S/c1-10(22-14-8-6-13(19)7-9-14)16(21)18-12-4-2-11(3-5-12)15(17)20/h2-10,19H,1H3,(H2,17,20)(H,18,21). The van der Waals surface area contributed by atoms with E-state index in [1.807, 2.05) is 0 Å². The number of nitrogens with two attached hydrogens (primary N) is 1. The molecule has 2 rings (SSSR count). The Kier molecular flexibility index (Phi) is 5.06. The van der Waals surface area contributed by atoms with Crippen molar-refractivity contribution in [2.24, 2.45) is 5.73 Å². The summed E-state index contributed by atoms with van der Waals surface area (Å²) in [6, 6.07) is 13.1. The number of benzene rings is 2. The Labute approximate surface area is 132 Å². The first-order valence-electron chi connectivity index (χ1n) is 6.62. The summed E-state index contributed by atoms with van der Waals surface area (Å²) in [7, 11) is 0. The lowest BCUT2D eigenvalue weighted by atomic mass is 10.2. The van der Waals surface area contributed by atoms with Gasteiger partial charge in [-0.3, -0.25) is 9.59 Å². The number of anilines is 1. The highest BCUT2D eigenvalue weighted by Gasteiger charge is 2.14. The summed E-state index contributed by atoms with van der Waals surface area (Å²) in [5, 5.41) is 11.7. The summed E-state index contributed by atoms with van der Waals surface area (Å²) in [6.45, 7) is 1.80. The van der Waals surface area contributed by atoms with Crippen LogP contribution in [0.5, 0.6) is 5.75 Å². The monoisotopic (exact) mass is 316 g/mol. The van der Waals surface area contributed by atoms with Crippen LogP contribution in [-0.2, 0) is 4.79 Å². The molecule has 0 bridgehead atoms. The average molecular weight is 316 g/mol. The zero-order valence-corrected chi connectivity index (χ0v) is 12.8. The van der Waals surface area contributed by atoms with Crippen molar-refractivity contribution in [1.82, 2.24) is 0 Å². The zero-order chi connectivity index (χ0) is 16.1. The quantitative estimate of drug-likeness (QED) is 0.739. The Bertz CT molecular complexity index is 669. The summed E-state index contributed by atoms with van der Waals surface area (Å²) in [5.41, 5.74) is 6.16. The largest absolute Gasteiger partial charge is 0.508 e. The molecular formula is C16H16N2O3S. The number of thioether (sulfide) groups is 1. The number of hydrogen-bond acceptors (Lipinski definition) is 4. The van der Waals surface area contributed by atoms with Crippen LogP contribution in [0.3, 0.4) is 0 Å². The Balaban J connectivity index is 1.95. The van der Waals surface area contributed by atoms with E-state index in [0.717, 1.165) is 4.90 Å². The molecule has 0 aliphatic heterocycles. The number of carbonyl (C=O) groups excluding carboxylic acids is 2. The Morgan fingerprint density at radius 2 is 1.68 bits per heavy atom. The highest BCUT2D eigenvalue weighted by molar-refractivity contribution is 8.00. The van der Waals surface area contributed by atoms with Gasteiger partial charge in [0.25, 0.3) is 0 Å². The molecule has 0 radical (unpaired) electrons. The third-order valence-corrected chi connectivity index (χ3v) is 4.07. The van der Waals surface area contributed by atoms with Gasteiger partial charge in [-0.25, -0.2) is 0 Å². The van der Waals surface area contributed by atoms with Crippen LogP contribution >= 0.6 is 11.8 Å². The topological polar surface area (TPSA) is 92.4 Å². The maximum atomic E-state index is 12.1. The molecule has 1 atom stereocenters. The maximum absolute atomic E-state index is 12.1. The molecule has 2 aromatic carbocycles. The highest BCUT2D eigenvalue weighted by Crippen LogP contribution is 2.25. The molecule has 22 heavy (non-hydrogen) atoms. The number of rotatable bonds is 5.